The molecule has 4 bridgehead atoms. The molecule has 6 rings (SSSR count). The van der Waals surface area contributed by atoms with Gasteiger partial charge in [-0.1, -0.05) is 12.1 Å². The number of carbonyl (C=O) groups is 3. The van der Waals surface area contributed by atoms with Crippen LogP contribution in [0.2, 0.25) is 0 Å². The number of hydrogen-bond donors (Lipinski definition) is 2. The third-order valence-corrected chi connectivity index (χ3v) is 8.34. The fourth-order valence-electron chi connectivity index (χ4n) is 7.22. The van der Waals surface area contributed by atoms with Crippen LogP contribution < -0.4 is 15.6 Å². The first-order valence-electron chi connectivity index (χ1n) is 12.4. The molecule has 5 aliphatic rings. The molecule has 1 atom stereocenters. The van der Waals surface area contributed by atoms with Gasteiger partial charge in [-0.3, -0.25) is 25.2 Å². The lowest BCUT2D eigenvalue weighted by Crippen LogP contribution is -2.58. The van der Waals surface area contributed by atoms with E-state index >= 15 is 0 Å². The summed E-state index contributed by atoms with van der Waals surface area (Å²) >= 11 is 0. The molecule has 1 aromatic carbocycles. The molecule has 1 unspecified atom stereocenters. The number of nitrogens with zero attached hydrogens (tertiary/aromatic N) is 1. The van der Waals surface area contributed by atoms with Gasteiger partial charge in [0.25, 0.3) is 11.8 Å². The molecule has 3 amide bonds. The Morgan fingerprint density at radius 1 is 1.03 bits per heavy atom. The van der Waals surface area contributed by atoms with Gasteiger partial charge < -0.3 is 9.64 Å². The van der Waals surface area contributed by atoms with Crippen molar-refractivity contribution in [1.82, 2.24) is 15.8 Å². The summed E-state index contributed by atoms with van der Waals surface area (Å²) in [4.78, 5) is 40.7. The van der Waals surface area contributed by atoms with Gasteiger partial charge in [0.2, 0.25) is 5.91 Å². The van der Waals surface area contributed by atoms with Crippen LogP contribution in [0.15, 0.2) is 18.2 Å². The molecule has 1 aliphatic heterocycles. The Bertz CT molecular complexity index is 924. The molecule has 2 N–H and O–H groups in total. The van der Waals surface area contributed by atoms with Gasteiger partial charge in [0.1, 0.15) is 11.8 Å². The number of hydrogen-bond acceptors (Lipinski definition) is 4. The van der Waals surface area contributed by atoms with E-state index in [9.17, 15) is 14.4 Å². The van der Waals surface area contributed by atoms with Crippen molar-refractivity contribution in [2.75, 3.05) is 13.2 Å². The van der Waals surface area contributed by atoms with Gasteiger partial charge in [-0.2, -0.15) is 0 Å². The number of carbonyl (C=O) groups excluding carboxylic acids is 3. The molecule has 0 radical (unpaired) electrons. The second-order valence-electron chi connectivity index (χ2n) is 10.9. The van der Waals surface area contributed by atoms with Gasteiger partial charge in [0.15, 0.2) is 6.61 Å². The minimum Gasteiger partial charge on any atom is -0.483 e. The van der Waals surface area contributed by atoms with Gasteiger partial charge in [0, 0.05) is 6.54 Å². The van der Waals surface area contributed by atoms with E-state index in [1.54, 1.807) is 4.90 Å². The first-order valence-corrected chi connectivity index (χ1v) is 12.4. The largest absolute Gasteiger partial charge is 0.483 e. The number of ether oxygens (including phenoxy) is 1. The Kier molecular flexibility index (Phi) is 5.83. The van der Waals surface area contributed by atoms with E-state index in [2.05, 4.69) is 10.9 Å². The summed E-state index contributed by atoms with van der Waals surface area (Å²) < 4.78 is 5.61. The van der Waals surface area contributed by atoms with Crippen LogP contribution in [0.25, 0.3) is 0 Å². The van der Waals surface area contributed by atoms with Gasteiger partial charge in [-0.05, 0) is 100 Å². The van der Waals surface area contributed by atoms with E-state index in [0.29, 0.717) is 36.5 Å². The lowest BCUT2D eigenvalue weighted by Gasteiger charge is -2.56. The van der Waals surface area contributed by atoms with Crippen molar-refractivity contribution in [3.05, 3.63) is 29.3 Å². The standard InChI is InChI=1S/C26H35N3O4/c1-16-5-6-17(2)22(8-16)33-15-23(30)27-28-24(31)21-4-3-7-29(21)25(32)26-12-18-9-19(13-26)11-20(10-18)14-26/h5-6,8,18-21H,3-4,7,9-15H2,1-2H3,(H,27,30)(H,28,31). The Morgan fingerprint density at radius 2 is 1.70 bits per heavy atom. The molecule has 4 saturated carbocycles. The quantitative estimate of drug-likeness (QED) is 0.671. The third-order valence-electron chi connectivity index (χ3n) is 8.34. The predicted octanol–water partition coefficient (Wildman–Crippen LogP) is 3.04. The molecular formula is C26H35N3O4. The van der Waals surface area contributed by atoms with Crippen LogP contribution in [0.3, 0.4) is 0 Å². The minimum absolute atomic E-state index is 0.184. The number of nitrogens with one attached hydrogen (secondary N) is 2. The zero-order valence-corrected chi connectivity index (χ0v) is 19.7. The van der Waals surface area contributed by atoms with Crippen LogP contribution in [-0.4, -0.2) is 41.8 Å². The summed E-state index contributed by atoms with van der Waals surface area (Å²) in [5.74, 6) is 2.15. The van der Waals surface area contributed by atoms with Crippen LogP contribution in [0.5, 0.6) is 5.75 Å². The average molecular weight is 454 g/mol. The summed E-state index contributed by atoms with van der Waals surface area (Å²) in [5, 5.41) is 0. The van der Waals surface area contributed by atoms with Crippen molar-refractivity contribution in [1.29, 1.82) is 0 Å². The smallest absolute Gasteiger partial charge is 0.276 e. The lowest BCUT2D eigenvalue weighted by atomic mass is 9.49. The highest BCUT2D eigenvalue weighted by Gasteiger charge is 2.56. The first-order chi connectivity index (χ1) is 15.8. The third kappa shape index (κ3) is 4.34. The second kappa shape index (κ2) is 8.65. The molecule has 1 aromatic rings. The summed E-state index contributed by atoms with van der Waals surface area (Å²) in [5.41, 5.74) is 6.74. The van der Waals surface area contributed by atoms with Crippen LogP contribution in [0, 0.1) is 37.0 Å². The molecule has 4 aliphatic carbocycles. The van der Waals surface area contributed by atoms with E-state index in [4.69, 9.17) is 4.74 Å². The predicted molar refractivity (Wildman–Crippen MR) is 123 cm³/mol. The number of hydrazine groups is 1. The van der Waals surface area contributed by atoms with Gasteiger partial charge >= 0.3 is 0 Å². The molecule has 7 nitrogen and oxygen atoms in total. The van der Waals surface area contributed by atoms with Crippen molar-refractivity contribution < 1.29 is 19.1 Å². The highest BCUT2D eigenvalue weighted by atomic mass is 16.5. The molecule has 1 heterocycles. The average Bonchev–Trinajstić information content (AvgIpc) is 3.26. The highest BCUT2D eigenvalue weighted by molar-refractivity contribution is 5.92. The van der Waals surface area contributed by atoms with Crippen LogP contribution in [-0.2, 0) is 14.4 Å². The molecule has 5 fully saturated rings. The number of aryl methyl sites for hydroxylation is 2. The zero-order chi connectivity index (χ0) is 23.2. The van der Waals surface area contributed by atoms with Crippen LogP contribution >= 0.6 is 0 Å². The summed E-state index contributed by atoms with van der Waals surface area (Å²) in [6, 6.07) is 5.30. The Labute approximate surface area is 195 Å². The van der Waals surface area contributed by atoms with Crippen LogP contribution in [0.4, 0.5) is 0 Å². The fraction of sp³-hybridized carbons (Fsp3) is 0.654. The Hall–Kier alpha value is -2.57. The van der Waals surface area contributed by atoms with E-state index in [1.807, 2.05) is 32.0 Å². The van der Waals surface area contributed by atoms with Crippen molar-refractivity contribution in [2.45, 2.75) is 71.3 Å². The SMILES string of the molecule is Cc1ccc(C)c(OCC(=O)NNC(=O)C2CCCN2C(=O)C23CC4CC(CC(C4)C2)C3)c1. The number of amides is 3. The maximum atomic E-state index is 13.7. The minimum atomic E-state index is -0.509. The Balaban J connectivity index is 1.16. The molecule has 7 heteroatoms. The number of rotatable bonds is 5. The topological polar surface area (TPSA) is 87.7 Å². The maximum absolute atomic E-state index is 13.7. The molecule has 0 aromatic heterocycles. The summed E-state index contributed by atoms with van der Waals surface area (Å²) in [6.45, 7) is 4.32. The number of benzene rings is 1. The van der Waals surface area contributed by atoms with E-state index < -0.39 is 11.9 Å². The van der Waals surface area contributed by atoms with Crippen molar-refractivity contribution in [2.24, 2.45) is 23.2 Å². The second-order valence-corrected chi connectivity index (χ2v) is 10.9. The highest BCUT2D eigenvalue weighted by Crippen LogP contribution is 2.60. The van der Waals surface area contributed by atoms with E-state index in [-0.39, 0.29) is 23.8 Å². The van der Waals surface area contributed by atoms with Crippen molar-refractivity contribution in [3.63, 3.8) is 0 Å². The molecule has 0 spiro atoms. The summed E-state index contributed by atoms with van der Waals surface area (Å²) in [6.07, 6.45) is 8.30. The van der Waals surface area contributed by atoms with Gasteiger partial charge in [0.05, 0.1) is 5.41 Å². The van der Waals surface area contributed by atoms with Gasteiger partial charge in [-0.25, -0.2) is 0 Å². The molecule has 178 valence electrons. The first kappa shape index (κ1) is 22.2. The lowest BCUT2D eigenvalue weighted by molar-refractivity contribution is -0.160. The number of likely N-dealkylation sites (tertiary alicyclic amines) is 1. The van der Waals surface area contributed by atoms with E-state index in [0.717, 1.165) is 36.8 Å². The zero-order valence-electron chi connectivity index (χ0n) is 19.7. The molecular weight excluding hydrogens is 418 g/mol. The summed E-state index contributed by atoms with van der Waals surface area (Å²) in [7, 11) is 0. The molecule has 33 heavy (non-hydrogen) atoms. The Morgan fingerprint density at radius 3 is 2.36 bits per heavy atom. The van der Waals surface area contributed by atoms with Gasteiger partial charge in [-0.15, -0.1) is 0 Å². The monoisotopic (exact) mass is 453 g/mol. The van der Waals surface area contributed by atoms with Crippen LogP contribution in [0.1, 0.15) is 62.5 Å². The van der Waals surface area contributed by atoms with E-state index in [1.165, 1.54) is 19.3 Å². The fourth-order valence-corrected chi connectivity index (χ4v) is 7.22. The normalized spacial score (nSPS) is 32.0. The molecule has 1 saturated heterocycles. The maximum Gasteiger partial charge on any atom is 0.276 e. The van der Waals surface area contributed by atoms with Crippen molar-refractivity contribution >= 4 is 17.7 Å². The van der Waals surface area contributed by atoms with Crippen molar-refractivity contribution in [3.8, 4) is 5.75 Å².